The lowest BCUT2D eigenvalue weighted by atomic mass is 10.1. The molecular formula is C33H37F2N4O13P. The third kappa shape index (κ3) is 9.37. The highest BCUT2D eigenvalue weighted by Gasteiger charge is 2.60. The summed E-state index contributed by atoms with van der Waals surface area (Å²) in [5, 5.41) is 15.3. The van der Waals surface area contributed by atoms with Crippen LogP contribution in [0.25, 0.3) is 11.0 Å². The van der Waals surface area contributed by atoms with E-state index in [-0.39, 0.29) is 24.8 Å². The SMILES string of the molecule is COc1cc(OC)c2oc(COC(=O)Nc3ccn([C@@H]4OC(COP(=O)(O)NC(C(=O)OCc5ccccc5)C(C)C)[C@@H](O)C4(F)F)c(=O)n3)cc2c1. The van der Waals surface area contributed by atoms with E-state index in [1.165, 1.54) is 14.2 Å². The molecule has 0 aliphatic carbocycles. The van der Waals surface area contributed by atoms with Crippen LogP contribution >= 0.6 is 7.75 Å². The summed E-state index contributed by atoms with van der Waals surface area (Å²) in [6.07, 6.45) is -7.13. The number of aromatic nitrogens is 2. The van der Waals surface area contributed by atoms with Gasteiger partial charge in [0.25, 0.3) is 0 Å². The van der Waals surface area contributed by atoms with E-state index < -0.39 is 68.4 Å². The molecule has 0 bridgehead atoms. The van der Waals surface area contributed by atoms with Crippen LogP contribution in [0.15, 0.2) is 70.0 Å². The first-order chi connectivity index (χ1) is 25.1. The molecule has 53 heavy (non-hydrogen) atoms. The number of carbonyl (C=O) groups excluding carboxylic acids is 2. The fourth-order valence-corrected chi connectivity index (χ4v) is 6.39. The normalized spacial score (nSPS) is 19.8. The Morgan fingerprint density at radius 3 is 2.47 bits per heavy atom. The minimum atomic E-state index is -4.87. The Hall–Kier alpha value is -4.91. The number of alkyl halides is 2. The van der Waals surface area contributed by atoms with Gasteiger partial charge in [-0.15, -0.1) is 0 Å². The number of furan rings is 1. The van der Waals surface area contributed by atoms with E-state index in [0.717, 1.165) is 12.3 Å². The van der Waals surface area contributed by atoms with E-state index in [0.29, 0.717) is 32.6 Å². The van der Waals surface area contributed by atoms with Gasteiger partial charge in [-0.2, -0.15) is 13.8 Å². The molecule has 1 fully saturated rings. The molecule has 3 unspecified atom stereocenters. The second-order valence-electron chi connectivity index (χ2n) is 12.1. The molecule has 1 saturated heterocycles. The quantitative estimate of drug-likeness (QED) is 0.0988. The standard InChI is InChI=1S/C33H37F2N4O13P/c1-18(2)26(29(41)48-15-19-8-6-5-7-9-19)38-53(44,45)50-17-24-28(40)33(34,35)30(52-24)39-11-10-25(36-31(39)42)37-32(43)49-16-22-13-20-12-21(46-3)14-23(47-4)27(20)51-22/h5-14,18,24,26,28,30,40H,15-17H2,1-4H3,(H2,38,44,45)(H,36,37,42,43)/t24?,26?,28-,30-/m1/s1. The van der Waals surface area contributed by atoms with Gasteiger partial charge in [0.15, 0.2) is 24.0 Å². The molecule has 1 aliphatic rings. The molecule has 1 amide bonds. The van der Waals surface area contributed by atoms with Crippen molar-refractivity contribution in [1.29, 1.82) is 0 Å². The van der Waals surface area contributed by atoms with Gasteiger partial charge >= 0.3 is 31.4 Å². The van der Waals surface area contributed by atoms with Crippen molar-refractivity contribution in [3.05, 3.63) is 82.6 Å². The smallest absolute Gasteiger partial charge is 0.413 e. The van der Waals surface area contributed by atoms with Crippen molar-refractivity contribution in [1.82, 2.24) is 14.6 Å². The fourth-order valence-electron chi connectivity index (χ4n) is 5.21. The number of fused-ring (bicyclic) bond motifs is 1. The van der Waals surface area contributed by atoms with E-state index in [9.17, 15) is 28.9 Å². The molecule has 20 heteroatoms. The Morgan fingerprint density at radius 2 is 1.81 bits per heavy atom. The molecule has 4 aromatic rings. The molecule has 5 atom stereocenters. The van der Waals surface area contributed by atoms with Crippen LogP contribution in [-0.2, 0) is 41.3 Å². The van der Waals surface area contributed by atoms with Crippen LogP contribution in [0.2, 0.25) is 0 Å². The van der Waals surface area contributed by atoms with E-state index in [2.05, 4.69) is 15.4 Å². The molecule has 17 nitrogen and oxygen atoms in total. The van der Waals surface area contributed by atoms with E-state index in [1.807, 2.05) is 0 Å². The highest BCUT2D eigenvalue weighted by molar-refractivity contribution is 7.50. The van der Waals surface area contributed by atoms with Crippen LogP contribution in [0.5, 0.6) is 11.5 Å². The van der Waals surface area contributed by atoms with Crippen LogP contribution in [0.4, 0.5) is 19.4 Å². The number of aliphatic hydroxyl groups is 1. The van der Waals surface area contributed by atoms with Crippen LogP contribution in [-0.4, -0.2) is 76.6 Å². The summed E-state index contributed by atoms with van der Waals surface area (Å²) in [7, 11) is -1.94. The van der Waals surface area contributed by atoms with Gasteiger partial charge in [0.1, 0.15) is 36.1 Å². The highest BCUT2D eigenvalue weighted by Crippen LogP contribution is 2.45. The number of ether oxygens (including phenoxy) is 5. The monoisotopic (exact) mass is 766 g/mol. The van der Waals surface area contributed by atoms with Gasteiger partial charge in [-0.25, -0.2) is 19.2 Å². The number of nitrogens with one attached hydrogen (secondary N) is 2. The van der Waals surface area contributed by atoms with Crippen molar-refractivity contribution in [2.24, 2.45) is 5.92 Å². The minimum Gasteiger partial charge on any atom is -0.497 e. The molecule has 3 heterocycles. The maximum atomic E-state index is 15.2. The molecular weight excluding hydrogens is 729 g/mol. The van der Waals surface area contributed by atoms with Crippen molar-refractivity contribution >= 4 is 36.6 Å². The predicted octanol–water partition coefficient (Wildman–Crippen LogP) is 4.12. The number of aliphatic hydroxyl groups excluding tert-OH is 1. The van der Waals surface area contributed by atoms with Crippen molar-refractivity contribution in [2.45, 2.75) is 57.5 Å². The lowest BCUT2D eigenvalue weighted by molar-refractivity contribution is -0.148. The summed E-state index contributed by atoms with van der Waals surface area (Å²) in [6, 6.07) is 13.3. The maximum Gasteiger partial charge on any atom is 0.413 e. The number of nitrogens with zero attached hydrogens (tertiary/aromatic N) is 2. The van der Waals surface area contributed by atoms with E-state index in [4.69, 9.17) is 32.6 Å². The van der Waals surface area contributed by atoms with Crippen molar-refractivity contribution in [2.75, 3.05) is 26.1 Å². The van der Waals surface area contributed by atoms with Crippen molar-refractivity contribution < 1.29 is 65.6 Å². The molecule has 0 radical (unpaired) electrons. The topological polar surface area (TPSA) is 219 Å². The average Bonchev–Trinajstić information content (AvgIpc) is 3.64. The van der Waals surface area contributed by atoms with Gasteiger partial charge in [-0.3, -0.25) is 19.2 Å². The Kier molecular flexibility index (Phi) is 12.2. The third-order valence-electron chi connectivity index (χ3n) is 7.96. The lowest BCUT2D eigenvalue weighted by Gasteiger charge is -2.24. The number of amides is 1. The van der Waals surface area contributed by atoms with Crippen LogP contribution in [0.1, 0.15) is 31.4 Å². The first-order valence-corrected chi connectivity index (χ1v) is 17.5. The number of rotatable bonds is 15. The largest absolute Gasteiger partial charge is 0.497 e. The molecule has 1 aliphatic heterocycles. The molecule has 5 rings (SSSR count). The predicted molar refractivity (Wildman–Crippen MR) is 180 cm³/mol. The molecule has 2 aromatic heterocycles. The Morgan fingerprint density at radius 1 is 1.08 bits per heavy atom. The van der Waals surface area contributed by atoms with Crippen molar-refractivity contribution in [3.8, 4) is 11.5 Å². The number of hydrogen-bond acceptors (Lipinski definition) is 13. The van der Waals surface area contributed by atoms with E-state index >= 15 is 8.78 Å². The summed E-state index contributed by atoms with van der Waals surface area (Å²) < 4.78 is 80.3. The number of carbonyl (C=O) groups is 2. The van der Waals surface area contributed by atoms with Gasteiger partial charge in [0.05, 0.1) is 20.8 Å². The fraction of sp³-hybridized carbons (Fsp3) is 0.394. The molecule has 4 N–H and O–H groups in total. The summed E-state index contributed by atoms with van der Waals surface area (Å²) in [4.78, 5) is 51.9. The zero-order valence-corrected chi connectivity index (χ0v) is 29.7. The zero-order valence-electron chi connectivity index (χ0n) is 28.8. The number of esters is 1. The molecule has 2 aromatic carbocycles. The van der Waals surface area contributed by atoms with Crippen molar-refractivity contribution in [3.63, 3.8) is 0 Å². The average molecular weight is 767 g/mol. The highest BCUT2D eigenvalue weighted by atomic mass is 31.2. The summed E-state index contributed by atoms with van der Waals surface area (Å²) in [6.45, 7) is 1.66. The number of halogens is 2. The summed E-state index contributed by atoms with van der Waals surface area (Å²) >= 11 is 0. The zero-order chi connectivity index (χ0) is 38.5. The Balaban J connectivity index is 1.17. The number of anilines is 1. The summed E-state index contributed by atoms with van der Waals surface area (Å²) in [5.41, 5.74) is -0.236. The van der Waals surface area contributed by atoms with Crippen LogP contribution in [0, 0.1) is 5.92 Å². The first kappa shape index (κ1) is 39.3. The van der Waals surface area contributed by atoms with E-state index in [1.54, 1.807) is 62.4 Å². The second-order valence-corrected chi connectivity index (χ2v) is 13.6. The first-order valence-electron chi connectivity index (χ1n) is 16.0. The summed E-state index contributed by atoms with van der Waals surface area (Å²) in [5.74, 6) is -4.74. The van der Waals surface area contributed by atoms with Gasteiger partial charge in [-0.05, 0) is 29.7 Å². The van der Waals surface area contributed by atoms with Gasteiger partial charge < -0.3 is 38.1 Å². The van der Waals surface area contributed by atoms with Gasteiger partial charge in [-0.1, -0.05) is 44.2 Å². The molecule has 286 valence electrons. The third-order valence-corrected chi connectivity index (χ3v) is 9.06. The lowest BCUT2D eigenvalue weighted by Crippen LogP contribution is -2.42. The number of methoxy groups -OCH3 is 2. The van der Waals surface area contributed by atoms with Crippen LogP contribution in [0.3, 0.4) is 0 Å². The molecule has 0 spiro atoms. The van der Waals surface area contributed by atoms with Gasteiger partial charge in [0.2, 0.25) is 6.23 Å². The van der Waals surface area contributed by atoms with Gasteiger partial charge in [0, 0.05) is 17.6 Å². The Labute approximate surface area is 300 Å². The minimum absolute atomic E-state index is 0.106. The Bertz CT molecular complexity index is 2030. The molecule has 0 saturated carbocycles. The number of hydrogen-bond donors (Lipinski definition) is 4. The van der Waals surface area contributed by atoms with Crippen LogP contribution < -0.4 is 25.6 Å². The maximum absolute atomic E-state index is 15.2. The second kappa shape index (κ2) is 16.4. The number of benzene rings is 2.